The van der Waals surface area contributed by atoms with Gasteiger partial charge in [0, 0.05) is 26.4 Å². The fourth-order valence-electron chi connectivity index (χ4n) is 4.10. The summed E-state index contributed by atoms with van der Waals surface area (Å²) in [5, 5.41) is 13.0. The number of hydrogen-bond acceptors (Lipinski definition) is 5. The van der Waals surface area contributed by atoms with E-state index in [2.05, 4.69) is 5.32 Å². The van der Waals surface area contributed by atoms with Gasteiger partial charge in [-0.1, -0.05) is 60.7 Å². The van der Waals surface area contributed by atoms with Crippen LogP contribution in [0.15, 0.2) is 60.7 Å². The summed E-state index contributed by atoms with van der Waals surface area (Å²) in [4.78, 5) is 42.2. The lowest BCUT2D eigenvalue weighted by atomic mass is 10.0. The van der Waals surface area contributed by atoms with E-state index in [-0.39, 0.29) is 18.9 Å². The number of nitrogens with zero attached hydrogens (tertiary/aromatic N) is 2. The smallest absolute Gasteiger partial charge is 0.411 e. The predicted molar refractivity (Wildman–Crippen MR) is 132 cm³/mol. The zero-order chi connectivity index (χ0) is 25.6. The summed E-state index contributed by atoms with van der Waals surface area (Å²) >= 11 is 0. The molecule has 1 heterocycles. The van der Waals surface area contributed by atoms with Crippen LogP contribution in [0, 0.1) is 0 Å². The maximum atomic E-state index is 13.4. The first-order valence-electron chi connectivity index (χ1n) is 11.8. The molecule has 8 heteroatoms. The summed E-state index contributed by atoms with van der Waals surface area (Å²) in [6.45, 7) is 5.61. The Balaban J connectivity index is 1.77. The molecule has 1 saturated heterocycles. The first-order valence-corrected chi connectivity index (χ1v) is 11.8. The van der Waals surface area contributed by atoms with Crippen molar-refractivity contribution >= 4 is 17.9 Å². The van der Waals surface area contributed by atoms with Gasteiger partial charge in [-0.15, -0.1) is 0 Å². The number of ether oxygens (including phenoxy) is 1. The Morgan fingerprint density at radius 2 is 1.63 bits per heavy atom. The number of likely N-dealkylation sites (N-methyl/N-ethyl adjacent to an activating group) is 1. The first kappa shape index (κ1) is 26.2. The molecule has 2 aromatic rings. The van der Waals surface area contributed by atoms with Gasteiger partial charge in [-0.2, -0.15) is 0 Å². The number of nitrogens with one attached hydrogen (secondary N) is 1. The molecule has 1 aliphatic heterocycles. The Bertz CT molecular complexity index is 1010. The number of carbonyl (C=O) groups is 3. The van der Waals surface area contributed by atoms with Gasteiger partial charge in [-0.25, -0.2) is 4.79 Å². The molecule has 0 spiro atoms. The van der Waals surface area contributed by atoms with Crippen LogP contribution in [0.5, 0.6) is 0 Å². The van der Waals surface area contributed by atoms with Crippen LogP contribution in [0.3, 0.4) is 0 Å². The topological polar surface area (TPSA) is 99.2 Å². The number of likely N-dealkylation sites (tertiary alicyclic amines) is 1. The summed E-state index contributed by atoms with van der Waals surface area (Å²) < 4.78 is 5.42. The minimum Gasteiger partial charge on any atom is -0.444 e. The normalized spacial score (nSPS) is 18.6. The van der Waals surface area contributed by atoms with E-state index in [0.29, 0.717) is 13.0 Å². The molecule has 0 unspecified atom stereocenters. The number of carbonyl (C=O) groups excluding carboxylic acids is 3. The molecule has 188 valence electrons. The number of β-amino-alcohol motifs (C(OH)–C–C–N with tert-alkyl or cyclic N) is 1. The van der Waals surface area contributed by atoms with Crippen molar-refractivity contribution in [2.24, 2.45) is 0 Å². The molecule has 8 nitrogen and oxygen atoms in total. The fraction of sp³-hybridized carbons (Fsp3) is 0.444. The molecule has 2 N–H and O–H groups in total. The van der Waals surface area contributed by atoms with Gasteiger partial charge in [0.2, 0.25) is 11.8 Å². The van der Waals surface area contributed by atoms with Crippen LogP contribution in [0.2, 0.25) is 0 Å². The molecular formula is C27H35N3O5. The van der Waals surface area contributed by atoms with E-state index < -0.39 is 35.8 Å². The Labute approximate surface area is 206 Å². The van der Waals surface area contributed by atoms with Crippen molar-refractivity contribution < 1.29 is 24.2 Å². The van der Waals surface area contributed by atoms with Crippen molar-refractivity contribution in [3.63, 3.8) is 0 Å². The van der Waals surface area contributed by atoms with Gasteiger partial charge in [0.05, 0.1) is 12.6 Å². The molecule has 0 saturated carbocycles. The van der Waals surface area contributed by atoms with E-state index in [1.807, 2.05) is 60.7 Å². The predicted octanol–water partition coefficient (Wildman–Crippen LogP) is 2.74. The first-order chi connectivity index (χ1) is 16.5. The molecule has 0 aliphatic carbocycles. The standard InChI is InChI=1S/C27H35N3O5/c1-27(2,3)35-26(34)30-18-21(31)16-23(30)24(32)28-22(15-19-11-7-5-8-12-19)25(33)29(4)17-20-13-9-6-10-14-20/h5-14,21-23,31H,15-18H2,1-4H3,(H,28,32)/t21-,22-,23-/m0/s1. The third-order valence-electron chi connectivity index (χ3n) is 5.75. The second kappa shape index (κ2) is 11.4. The van der Waals surface area contributed by atoms with Crippen molar-refractivity contribution in [1.82, 2.24) is 15.1 Å². The third kappa shape index (κ3) is 7.55. The highest BCUT2D eigenvalue weighted by atomic mass is 16.6. The minimum absolute atomic E-state index is 0.00178. The SMILES string of the molecule is CN(Cc1ccccc1)C(=O)[C@H](Cc1ccccc1)NC(=O)[C@@H]1C[C@H](O)CN1C(=O)OC(C)(C)C. The number of amides is 3. The van der Waals surface area contributed by atoms with Crippen LogP contribution in [-0.2, 0) is 27.3 Å². The number of benzene rings is 2. The second-order valence-electron chi connectivity index (χ2n) is 9.97. The Morgan fingerprint density at radius 3 is 2.20 bits per heavy atom. The van der Waals surface area contributed by atoms with Gasteiger partial charge >= 0.3 is 6.09 Å². The van der Waals surface area contributed by atoms with E-state index in [0.717, 1.165) is 11.1 Å². The van der Waals surface area contributed by atoms with Gasteiger partial charge in [0.25, 0.3) is 0 Å². The zero-order valence-electron chi connectivity index (χ0n) is 20.8. The summed E-state index contributed by atoms with van der Waals surface area (Å²) in [5.74, 6) is -0.733. The van der Waals surface area contributed by atoms with Crippen LogP contribution < -0.4 is 5.32 Å². The number of rotatable bonds is 7. The van der Waals surface area contributed by atoms with Crippen LogP contribution in [0.4, 0.5) is 4.79 Å². The van der Waals surface area contributed by atoms with E-state index in [1.54, 1.807) is 32.7 Å². The maximum Gasteiger partial charge on any atom is 0.411 e. The van der Waals surface area contributed by atoms with E-state index in [1.165, 1.54) is 4.90 Å². The third-order valence-corrected chi connectivity index (χ3v) is 5.75. The summed E-state index contributed by atoms with van der Waals surface area (Å²) in [5.41, 5.74) is 1.13. The van der Waals surface area contributed by atoms with Gasteiger partial charge in [-0.3, -0.25) is 14.5 Å². The highest BCUT2D eigenvalue weighted by Gasteiger charge is 2.42. The molecular weight excluding hydrogens is 446 g/mol. The molecule has 0 bridgehead atoms. The maximum absolute atomic E-state index is 13.4. The van der Waals surface area contributed by atoms with Crippen LogP contribution in [-0.4, -0.2) is 70.2 Å². The van der Waals surface area contributed by atoms with E-state index in [4.69, 9.17) is 4.74 Å². The summed E-state index contributed by atoms with van der Waals surface area (Å²) in [7, 11) is 1.70. The van der Waals surface area contributed by atoms with E-state index >= 15 is 0 Å². The van der Waals surface area contributed by atoms with Crippen molar-refractivity contribution in [3.8, 4) is 0 Å². The second-order valence-corrected chi connectivity index (χ2v) is 9.97. The quantitative estimate of drug-likeness (QED) is 0.634. The molecule has 1 aliphatic rings. The number of aliphatic hydroxyl groups is 1. The largest absolute Gasteiger partial charge is 0.444 e. The molecule has 2 aromatic carbocycles. The summed E-state index contributed by atoms with van der Waals surface area (Å²) in [6.07, 6.45) is -1.13. The van der Waals surface area contributed by atoms with Crippen molar-refractivity contribution in [2.75, 3.05) is 13.6 Å². The van der Waals surface area contributed by atoms with Crippen LogP contribution >= 0.6 is 0 Å². The van der Waals surface area contributed by atoms with Gasteiger partial charge in [0.15, 0.2) is 0 Å². The summed E-state index contributed by atoms with van der Waals surface area (Å²) in [6, 6.07) is 17.3. The Hall–Kier alpha value is -3.39. The number of aliphatic hydroxyl groups excluding tert-OH is 1. The van der Waals surface area contributed by atoms with Crippen molar-refractivity contribution in [2.45, 2.75) is 63.9 Å². The lowest BCUT2D eigenvalue weighted by Gasteiger charge is -2.30. The molecule has 3 rings (SSSR count). The lowest BCUT2D eigenvalue weighted by Crippen LogP contribution is -2.54. The molecule has 3 atom stereocenters. The van der Waals surface area contributed by atoms with Gasteiger partial charge in [0.1, 0.15) is 17.7 Å². The average molecular weight is 482 g/mol. The molecule has 0 aromatic heterocycles. The Morgan fingerprint density at radius 1 is 1.06 bits per heavy atom. The van der Waals surface area contributed by atoms with E-state index in [9.17, 15) is 19.5 Å². The molecule has 1 fully saturated rings. The van der Waals surface area contributed by atoms with Crippen molar-refractivity contribution in [1.29, 1.82) is 0 Å². The highest BCUT2D eigenvalue weighted by Crippen LogP contribution is 2.22. The van der Waals surface area contributed by atoms with Crippen LogP contribution in [0.25, 0.3) is 0 Å². The van der Waals surface area contributed by atoms with Crippen LogP contribution in [0.1, 0.15) is 38.3 Å². The zero-order valence-corrected chi connectivity index (χ0v) is 20.8. The monoisotopic (exact) mass is 481 g/mol. The highest BCUT2D eigenvalue weighted by molar-refractivity contribution is 5.91. The van der Waals surface area contributed by atoms with Gasteiger partial charge in [-0.05, 0) is 31.9 Å². The molecule has 35 heavy (non-hydrogen) atoms. The van der Waals surface area contributed by atoms with Gasteiger partial charge < -0.3 is 20.1 Å². The van der Waals surface area contributed by atoms with Crippen molar-refractivity contribution in [3.05, 3.63) is 71.8 Å². The molecule has 3 amide bonds. The molecule has 0 radical (unpaired) electrons. The fourth-order valence-corrected chi connectivity index (χ4v) is 4.10. The average Bonchev–Trinajstić information content (AvgIpc) is 3.20. The number of hydrogen-bond donors (Lipinski definition) is 2. The lowest BCUT2D eigenvalue weighted by molar-refractivity contribution is -0.137. The Kier molecular flexibility index (Phi) is 8.51. The minimum atomic E-state index is -0.926.